The van der Waals surface area contributed by atoms with Crippen LogP contribution >= 0.6 is 21.6 Å². The fraction of sp³-hybridized carbons (Fsp3) is 1.00. The molecule has 0 aromatic carbocycles. The summed E-state index contributed by atoms with van der Waals surface area (Å²) >= 11 is 0. The minimum Gasteiger partial charge on any atom is -0.315 e. The van der Waals surface area contributed by atoms with E-state index < -0.39 is 18.3 Å². The Balaban J connectivity index is 3.22. The number of rotatable bonds is 11. The van der Waals surface area contributed by atoms with E-state index >= 15 is 0 Å². The third-order valence-electron chi connectivity index (χ3n) is 1.50. The maximum atomic E-state index is 10.3. The summed E-state index contributed by atoms with van der Waals surface area (Å²) in [6.07, 6.45) is 0. The lowest BCUT2D eigenvalue weighted by Gasteiger charge is -2.05. The Kier molecular flexibility index (Phi) is 9.59. The molecule has 0 saturated carbocycles. The standard InChI is InChI=1S/C6H16N2O6S4/c9-17(10,11)15-5-3-7-1-2-8-4-6-16-18(12,13)14/h7-8H,1-6H2,(H,9,10,11)(H,12,13,14). The van der Waals surface area contributed by atoms with Crippen LogP contribution < -0.4 is 10.6 Å². The first-order valence-corrected chi connectivity index (χ1v) is 10.7. The Labute approximate surface area is 114 Å². The van der Waals surface area contributed by atoms with Gasteiger partial charge in [0.1, 0.15) is 0 Å². The maximum Gasteiger partial charge on any atom is 0.319 e. The van der Waals surface area contributed by atoms with Crippen LogP contribution in [0.15, 0.2) is 0 Å². The van der Waals surface area contributed by atoms with Gasteiger partial charge in [0.15, 0.2) is 0 Å². The highest BCUT2D eigenvalue weighted by Crippen LogP contribution is 2.07. The summed E-state index contributed by atoms with van der Waals surface area (Å²) in [5.74, 6) is 0.495. The lowest BCUT2D eigenvalue weighted by Crippen LogP contribution is -2.30. The van der Waals surface area contributed by atoms with Gasteiger partial charge in [-0.2, -0.15) is 16.8 Å². The van der Waals surface area contributed by atoms with Crippen LogP contribution in [0.2, 0.25) is 0 Å². The average molecular weight is 340 g/mol. The maximum absolute atomic E-state index is 10.3. The van der Waals surface area contributed by atoms with E-state index in [1.807, 2.05) is 0 Å². The van der Waals surface area contributed by atoms with E-state index in [-0.39, 0.29) is 11.5 Å². The summed E-state index contributed by atoms with van der Waals surface area (Å²) in [6.45, 7) is 2.04. The minimum atomic E-state index is -3.97. The molecule has 0 bridgehead atoms. The summed E-state index contributed by atoms with van der Waals surface area (Å²) in [5.41, 5.74) is 0. The van der Waals surface area contributed by atoms with Gasteiger partial charge in [0, 0.05) is 37.7 Å². The Morgan fingerprint density at radius 1 is 0.722 bits per heavy atom. The van der Waals surface area contributed by atoms with Crippen molar-refractivity contribution in [1.82, 2.24) is 10.6 Å². The highest BCUT2D eigenvalue weighted by molar-refractivity contribution is 8.70. The van der Waals surface area contributed by atoms with E-state index in [1.165, 1.54) is 0 Å². The average Bonchev–Trinajstić information content (AvgIpc) is 2.17. The van der Waals surface area contributed by atoms with Gasteiger partial charge in [0.2, 0.25) is 0 Å². The van der Waals surface area contributed by atoms with Gasteiger partial charge in [-0.05, 0) is 21.6 Å². The molecule has 0 unspecified atom stereocenters. The van der Waals surface area contributed by atoms with Crippen LogP contribution in [0.5, 0.6) is 0 Å². The highest BCUT2D eigenvalue weighted by Gasteiger charge is 2.04. The second-order valence-corrected chi connectivity index (χ2v) is 9.94. The molecule has 0 saturated heterocycles. The molecule has 0 aliphatic rings. The topological polar surface area (TPSA) is 133 Å². The van der Waals surface area contributed by atoms with Crippen molar-refractivity contribution >= 4 is 39.9 Å². The van der Waals surface area contributed by atoms with E-state index in [4.69, 9.17) is 9.11 Å². The van der Waals surface area contributed by atoms with Crippen molar-refractivity contribution in [2.75, 3.05) is 37.7 Å². The zero-order valence-corrected chi connectivity index (χ0v) is 12.7. The Bertz CT molecular complexity index is 368. The molecule has 8 nitrogen and oxygen atoms in total. The second-order valence-electron chi connectivity index (χ2n) is 3.00. The largest absolute Gasteiger partial charge is 0.319 e. The summed E-state index contributed by atoms with van der Waals surface area (Å²) < 4.78 is 58.1. The van der Waals surface area contributed by atoms with E-state index in [2.05, 4.69) is 10.6 Å². The van der Waals surface area contributed by atoms with Crippen LogP contribution in [-0.4, -0.2) is 63.6 Å². The van der Waals surface area contributed by atoms with Crippen LogP contribution in [0, 0.1) is 0 Å². The Hall–Kier alpha value is 0.440. The minimum absolute atomic E-state index is 0.247. The van der Waals surface area contributed by atoms with Crippen LogP contribution in [-0.2, 0) is 18.3 Å². The molecule has 0 aromatic heterocycles. The van der Waals surface area contributed by atoms with Crippen molar-refractivity contribution in [3.63, 3.8) is 0 Å². The van der Waals surface area contributed by atoms with Crippen LogP contribution in [0.3, 0.4) is 0 Å². The quantitative estimate of drug-likeness (QED) is 0.216. The molecule has 0 radical (unpaired) electrons. The van der Waals surface area contributed by atoms with Crippen LogP contribution in [0.1, 0.15) is 0 Å². The van der Waals surface area contributed by atoms with E-state index in [0.717, 1.165) is 0 Å². The fourth-order valence-corrected chi connectivity index (χ4v) is 3.51. The molecular weight excluding hydrogens is 324 g/mol. The van der Waals surface area contributed by atoms with Gasteiger partial charge in [0.25, 0.3) is 0 Å². The lowest BCUT2D eigenvalue weighted by atomic mass is 10.5. The van der Waals surface area contributed by atoms with Gasteiger partial charge in [-0.1, -0.05) is 0 Å². The molecule has 18 heavy (non-hydrogen) atoms. The molecule has 0 rings (SSSR count). The third kappa shape index (κ3) is 16.4. The van der Waals surface area contributed by atoms with Crippen molar-refractivity contribution in [3.05, 3.63) is 0 Å². The zero-order chi connectivity index (χ0) is 14.1. The van der Waals surface area contributed by atoms with Crippen molar-refractivity contribution < 1.29 is 25.9 Å². The first kappa shape index (κ1) is 18.4. The summed E-state index contributed by atoms with van der Waals surface area (Å²) in [5, 5.41) is 5.86. The van der Waals surface area contributed by atoms with Crippen molar-refractivity contribution in [3.8, 4) is 0 Å². The predicted molar refractivity (Wildman–Crippen MR) is 73.8 cm³/mol. The van der Waals surface area contributed by atoms with Crippen LogP contribution in [0.25, 0.3) is 0 Å². The zero-order valence-electron chi connectivity index (χ0n) is 9.40. The molecule has 0 spiro atoms. The first-order chi connectivity index (χ1) is 8.21. The van der Waals surface area contributed by atoms with Crippen molar-refractivity contribution in [1.29, 1.82) is 0 Å². The van der Waals surface area contributed by atoms with Crippen LogP contribution in [0.4, 0.5) is 0 Å². The van der Waals surface area contributed by atoms with Gasteiger partial charge in [-0.3, -0.25) is 9.11 Å². The molecule has 12 heteroatoms. The van der Waals surface area contributed by atoms with E-state index in [0.29, 0.717) is 47.8 Å². The second kappa shape index (κ2) is 9.36. The van der Waals surface area contributed by atoms with E-state index in [9.17, 15) is 16.8 Å². The highest BCUT2D eigenvalue weighted by atomic mass is 33.2. The summed E-state index contributed by atoms with van der Waals surface area (Å²) in [7, 11) is -7.02. The number of hydrogen-bond donors (Lipinski definition) is 4. The van der Waals surface area contributed by atoms with E-state index in [1.54, 1.807) is 0 Å². The molecule has 4 N–H and O–H groups in total. The monoisotopic (exact) mass is 340 g/mol. The first-order valence-electron chi connectivity index (χ1n) is 4.86. The number of nitrogens with one attached hydrogen (secondary N) is 2. The molecular formula is C6H16N2O6S4. The molecule has 0 heterocycles. The Morgan fingerprint density at radius 3 is 1.33 bits per heavy atom. The van der Waals surface area contributed by atoms with Gasteiger partial charge >= 0.3 is 18.3 Å². The Morgan fingerprint density at radius 2 is 1.06 bits per heavy atom. The van der Waals surface area contributed by atoms with Gasteiger partial charge in [-0.15, -0.1) is 0 Å². The van der Waals surface area contributed by atoms with Gasteiger partial charge < -0.3 is 10.6 Å². The van der Waals surface area contributed by atoms with Crippen molar-refractivity contribution in [2.45, 2.75) is 0 Å². The molecule has 0 aromatic rings. The SMILES string of the molecule is O=S(=O)(O)SCCNCCNCCSS(=O)(=O)O. The number of hydrogen-bond acceptors (Lipinski definition) is 8. The molecule has 110 valence electrons. The lowest BCUT2D eigenvalue weighted by molar-refractivity contribution is 0.500. The summed E-state index contributed by atoms with van der Waals surface area (Å²) in [6, 6.07) is 0. The molecule has 0 amide bonds. The summed E-state index contributed by atoms with van der Waals surface area (Å²) in [4.78, 5) is 0. The molecule has 0 fully saturated rings. The smallest absolute Gasteiger partial charge is 0.315 e. The molecule has 0 aliphatic carbocycles. The fourth-order valence-electron chi connectivity index (χ4n) is 0.865. The predicted octanol–water partition coefficient (Wildman–Crippen LogP) is -0.762. The van der Waals surface area contributed by atoms with Gasteiger partial charge in [-0.25, -0.2) is 0 Å². The molecule has 0 atom stereocenters. The normalized spacial score (nSPS) is 12.8. The van der Waals surface area contributed by atoms with Crippen molar-refractivity contribution in [2.24, 2.45) is 0 Å². The molecule has 0 aliphatic heterocycles. The van der Waals surface area contributed by atoms with Gasteiger partial charge in [0.05, 0.1) is 0 Å². The third-order valence-corrected chi connectivity index (χ3v) is 5.63.